The minimum atomic E-state index is -0.351. The molecule has 0 saturated heterocycles. The van der Waals surface area contributed by atoms with E-state index in [4.69, 9.17) is 4.74 Å². The first-order valence-electron chi connectivity index (χ1n) is 5.90. The first-order valence-corrected chi connectivity index (χ1v) is 5.90. The minimum absolute atomic E-state index is 0.0523. The fraction of sp³-hybridized carbons (Fsp3) is 0.188. The summed E-state index contributed by atoms with van der Waals surface area (Å²) in [5.74, 6) is -0.404. The van der Waals surface area contributed by atoms with Crippen LogP contribution in [-0.2, 0) is 9.53 Å². The van der Waals surface area contributed by atoms with E-state index in [-0.39, 0.29) is 11.9 Å². The van der Waals surface area contributed by atoms with Crippen molar-refractivity contribution in [2.75, 3.05) is 7.11 Å². The molecule has 92 valence electrons. The Kier molecular flexibility index (Phi) is 3.47. The van der Waals surface area contributed by atoms with Gasteiger partial charge in [0.05, 0.1) is 7.11 Å². The molecule has 2 rings (SSSR count). The number of esters is 1. The molecule has 0 radical (unpaired) electrons. The quantitative estimate of drug-likeness (QED) is 0.604. The third-order valence-corrected chi connectivity index (χ3v) is 3.26. The molecule has 0 saturated carbocycles. The van der Waals surface area contributed by atoms with E-state index < -0.39 is 0 Å². The predicted octanol–water partition coefficient (Wildman–Crippen LogP) is 3.67. The van der Waals surface area contributed by atoms with Gasteiger partial charge in [-0.2, -0.15) is 0 Å². The fourth-order valence-corrected chi connectivity index (χ4v) is 2.12. The molecule has 2 nitrogen and oxygen atoms in total. The Morgan fingerprint density at radius 3 is 2.56 bits per heavy atom. The van der Waals surface area contributed by atoms with Crippen LogP contribution < -0.4 is 0 Å². The predicted molar refractivity (Wildman–Crippen MR) is 73.5 cm³/mol. The third-order valence-electron chi connectivity index (χ3n) is 3.26. The lowest BCUT2D eigenvalue weighted by Gasteiger charge is -2.15. The van der Waals surface area contributed by atoms with Gasteiger partial charge in [-0.25, -0.2) is 4.79 Å². The Morgan fingerprint density at radius 1 is 1.17 bits per heavy atom. The fourth-order valence-electron chi connectivity index (χ4n) is 2.12. The van der Waals surface area contributed by atoms with E-state index >= 15 is 0 Å². The van der Waals surface area contributed by atoms with Gasteiger partial charge in [0.1, 0.15) is 0 Å². The first kappa shape index (κ1) is 12.4. The van der Waals surface area contributed by atoms with Crippen molar-refractivity contribution in [1.29, 1.82) is 0 Å². The molecule has 2 heteroatoms. The Morgan fingerprint density at radius 2 is 1.83 bits per heavy atom. The second-order valence-corrected chi connectivity index (χ2v) is 4.31. The molecule has 0 aliphatic rings. The van der Waals surface area contributed by atoms with Crippen LogP contribution in [-0.4, -0.2) is 13.1 Å². The van der Waals surface area contributed by atoms with Crippen LogP contribution in [0.2, 0.25) is 0 Å². The van der Waals surface area contributed by atoms with Crippen LogP contribution in [0.15, 0.2) is 54.6 Å². The molecule has 0 heterocycles. The summed E-state index contributed by atoms with van der Waals surface area (Å²) in [6, 6.07) is 14.2. The molecule has 0 bridgehead atoms. The highest BCUT2D eigenvalue weighted by Gasteiger charge is 2.18. The van der Waals surface area contributed by atoms with Crippen molar-refractivity contribution < 1.29 is 9.53 Å². The summed E-state index contributed by atoms with van der Waals surface area (Å²) in [4.78, 5) is 11.5. The second-order valence-electron chi connectivity index (χ2n) is 4.31. The average Bonchev–Trinajstić information content (AvgIpc) is 2.44. The van der Waals surface area contributed by atoms with E-state index in [2.05, 4.69) is 24.8 Å². The smallest absolute Gasteiger partial charge is 0.333 e. The highest BCUT2D eigenvalue weighted by atomic mass is 16.5. The van der Waals surface area contributed by atoms with Gasteiger partial charge in [0.15, 0.2) is 0 Å². The van der Waals surface area contributed by atoms with Crippen molar-refractivity contribution in [3.63, 3.8) is 0 Å². The summed E-state index contributed by atoms with van der Waals surface area (Å²) >= 11 is 0. The normalized spacial score (nSPS) is 12.1. The number of hydrogen-bond donors (Lipinski definition) is 0. The molecule has 0 aliphatic heterocycles. The van der Waals surface area contributed by atoms with E-state index in [1.165, 1.54) is 12.5 Å². The van der Waals surface area contributed by atoms with Gasteiger partial charge in [0.2, 0.25) is 0 Å². The average molecular weight is 240 g/mol. The van der Waals surface area contributed by atoms with E-state index in [1.54, 1.807) is 0 Å². The van der Waals surface area contributed by atoms with E-state index in [9.17, 15) is 4.79 Å². The number of carbonyl (C=O) groups is 1. The zero-order chi connectivity index (χ0) is 13.1. The minimum Gasteiger partial charge on any atom is -0.466 e. The van der Waals surface area contributed by atoms with Gasteiger partial charge >= 0.3 is 5.97 Å². The van der Waals surface area contributed by atoms with Gasteiger partial charge < -0.3 is 4.74 Å². The van der Waals surface area contributed by atoms with Crippen LogP contribution in [0.5, 0.6) is 0 Å². The van der Waals surface area contributed by atoms with Crippen molar-refractivity contribution in [3.05, 3.63) is 60.2 Å². The maximum Gasteiger partial charge on any atom is 0.333 e. The maximum atomic E-state index is 11.5. The Hall–Kier alpha value is -2.09. The maximum absolute atomic E-state index is 11.5. The molecule has 0 unspecified atom stereocenters. The first-order chi connectivity index (χ1) is 8.65. The van der Waals surface area contributed by atoms with Crippen LogP contribution in [0.1, 0.15) is 18.4 Å². The molecule has 0 spiro atoms. The lowest BCUT2D eigenvalue weighted by atomic mass is 9.90. The van der Waals surface area contributed by atoms with Crippen molar-refractivity contribution in [3.8, 4) is 0 Å². The molecule has 2 aromatic carbocycles. The number of rotatable bonds is 3. The molecule has 0 amide bonds. The van der Waals surface area contributed by atoms with Crippen molar-refractivity contribution in [2.24, 2.45) is 0 Å². The summed E-state index contributed by atoms with van der Waals surface area (Å²) in [6.07, 6.45) is 0. The number of hydrogen-bond acceptors (Lipinski definition) is 2. The van der Waals surface area contributed by atoms with E-state index in [0.717, 1.165) is 10.9 Å². The highest BCUT2D eigenvalue weighted by molar-refractivity contribution is 5.92. The number of benzene rings is 2. The van der Waals surface area contributed by atoms with Crippen molar-refractivity contribution in [1.82, 2.24) is 0 Å². The van der Waals surface area contributed by atoms with Gasteiger partial charge in [-0.05, 0) is 16.3 Å². The number of carbonyl (C=O) groups excluding carboxylic acids is 1. The van der Waals surface area contributed by atoms with Crippen LogP contribution in [0.3, 0.4) is 0 Å². The molecule has 0 aromatic heterocycles. The second kappa shape index (κ2) is 5.05. The molecular formula is C16H16O2. The van der Waals surface area contributed by atoms with Crippen LogP contribution in [0.25, 0.3) is 10.8 Å². The SMILES string of the molecule is C=C(C(=O)OC)[C@@H](C)c1cccc2ccccc12. The molecule has 0 aliphatic carbocycles. The number of ether oxygens (including phenoxy) is 1. The number of fused-ring (bicyclic) bond motifs is 1. The zero-order valence-electron chi connectivity index (χ0n) is 10.6. The third kappa shape index (κ3) is 2.14. The lowest BCUT2D eigenvalue weighted by Crippen LogP contribution is -2.10. The Labute approximate surface area is 107 Å². The van der Waals surface area contributed by atoms with Gasteiger partial charge in [-0.1, -0.05) is 56.0 Å². The summed E-state index contributed by atoms with van der Waals surface area (Å²) in [5, 5.41) is 2.32. The highest BCUT2D eigenvalue weighted by Crippen LogP contribution is 2.29. The van der Waals surface area contributed by atoms with Gasteiger partial charge in [-0.3, -0.25) is 0 Å². The van der Waals surface area contributed by atoms with Crippen molar-refractivity contribution >= 4 is 16.7 Å². The van der Waals surface area contributed by atoms with Crippen LogP contribution in [0.4, 0.5) is 0 Å². The zero-order valence-corrected chi connectivity index (χ0v) is 10.6. The Bertz CT molecular complexity index is 594. The summed E-state index contributed by atoms with van der Waals surface area (Å²) in [5.41, 5.74) is 1.58. The van der Waals surface area contributed by atoms with E-state index in [0.29, 0.717) is 5.57 Å². The molecular weight excluding hydrogens is 224 g/mol. The topological polar surface area (TPSA) is 26.3 Å². The van der Waals surface area contributed by atoms with Crippen molar-refractivity contribution in [2.45, 2.75) is 12.8 Å². The molecule has 18 heavy (non-hydrogen) atoms. The van der Waals surface area contributed by atoms with E-state index in [1.807, 2.05) is 31.2 Å². The van der Waals surface area contributed by atoms with Crippen LogP contribution >= 0.6 is 0 Å². The summed E-state index contributed by atoms with van der Waals surface area (Å²) in [7, 11) is 1.38. The van der Waals surface area contributed by atoms with Gasteiger partial charge in [0.25, 0.3) is 0 Å². The molecule has 0 N–H and O–H groups in total. The summed E-state index contributed by atoms with van der Waals surface area (Å²) in [6.45, 7) is 5.81. The summed E-state index contributed by atoms with van der Waals surface area (Å²) < 4.78 is 4.73. The largest absolute Gasteiger partial charge is 0.466 e. The van der Waals surface area contributed by atoms with Crippen LogP contribution in [0, 0.1) is 0 Å². The lowest BCUT2D eigenvalue weighted by molar-refractivity contribution is -0.136. The molecule has 2 aromatic rings. The monoisotopic (exact) mass is 240 g/mol. The molecule has 0 fully saturated rings. The Balaban J connectivity index is 2.48. The van der Waals surface area contributed by atoms with Gasteiger partial charge in [-0.15, -0.1) is 0 Å². The van der Waals surface area contributed by atoms with Gasteiger partial charge in [0, 0.05) is 11.5 Å². The molecule has 1 atom stereocenters. The number of methoxy groups -OCH3 is 1. The standard InChI is InChI=1S/C16H16O2/c1-11(12(2)16(17)18-3)14-10-6-8-13-7-4-5-9-15(13)14/h4-11H,2H2,1,3H3/t11-/m1/s1.